The van der Waals surface area contributed by atoms with Gasteiger partial charge in [-0.3, -0.25) is 0 Å². The minimum absolute atomic E-state index is 0.420. The van der Waals surface area contributed by atoms with Crippen molar-refractivity contribution in [3.8, 4) is 0 Å². The fraction of sp³-hybridized carbons (Fsp3) is 0.733. The first-order valence-electron chi connectivity index (χ1n) is 7.69. The summed E-state index contributed by atoms with van der Waals surface area (Å²) in [7, 11) is 1.95. The third kappa shape index (κ3) is 3.37. The van der Waals surface area contributed by atoms with Crippen molar-refractivity contribution in [3.05, 3.63) is 16.0 Å². The number of rotatable bonds is 3. The summed E-state index contributed by atoms with van der Waals surface area (Å²) in [6, 6.07) is 0. The summed E-state index contributed by atoms with van der Waals surface area (Å²) in [5.41, 5.74) is 1.23. The van der Waals surface area contributed by atoms with Crippen LogP contribution in [-0.2, 0) is 0 Å². The van der Waals surface area contributed by atoms with Gasteiger partial charge in [0.25, 0.3) is 0 Å². The van der Waals surface area contributed by atoms with Crippen LogP contribution in [0.5, 0.6) is 0 Å². The van der Waals surface area contributed by atoms with Gasteiger partial charge >= 0.3 is 0 Å². The molecule has 6 heteroatoms. The molecule has 1 aliphatic carbocycles. The van der Waals surface area contributed by atoms with Crippen molar-refractivity contribution in [3.63, 3.8) is 0 Å². The van der Waals surface area contributed by atoms with Crippen LogP contribution >= 0.6 is 39.5 Å². The maximum atomic E-state index is 5.00. The molecule has 3 rings (SSSR count). The quantitative estimate of drug-likeness (QED) is 0.802. The summed E-state index contributed by atoms with van der Waals surface area (Å²) in [5.74, 6) is 5.02. The van der Waals surface area contributed by atoms with Gasteiger partial charge in [-0.2, -0.15) is 11.8 Å². The minimum atomic E-state index is 0.420. The van der Waals surface area contributed by atoms with Crippen molar-refractivity contribution in [2.45, 2.75) is 49.0 Å². The molecule has 1 saturated carbocycles. The number of thioether (sulfide) groups is 2. The zero-order valence-corrected chi connectivity index (χ0v) is 15.8. The van der Waals surface area contributed by atoms with E-state index in [1.165, 1.54) is 42.9 Å². The fourth-order valence-corrected chi connectivity index (χ4v) is 6.55. The predicted molar refractivity (Wildman–Crippen MR) is 97.6 cm³/mol. The molecule has 1 N–H and O–H groups in total. The second-order valence-corrected chi connectivity index (χ2v) is 9.26. The standard InChI is InChI=1S/C15H22BrN3S2/c1-9-13(21-8-7-20-9)15-18-12(10-5-3-4-6-10)11(16)14(17-2)19-15/h9-10,13H,3-8H2,1-2H3,(H,17,18,19). The van der Waals surface area contributed by atoms with E-state index in [1.54, 1.807) is 0 Å². The van der Waals surface area contributed by atoms with Crippen LogP contribution in [0.1, 0.15) is 55.3 Å². The molecule has 0 aromatic carbocycles. The fourth-order valence-electron chi connectivity index (χ4n) is 3.16. The molecule has 1 aromatic heterocycles. The number of nitrogens with one attached hydrogen (secondary N) is 1. The van der Waals surface area contributed by atoms with E-state index < -0.39 is 0 Å². The molecule has 21 heavy (non-hydrogen) atoms. The van der Waals surface area contributed by atoms with E-state index in [0.717, 1.165) is 16.1 Å². The Morgan fingerprint density at radius 2 is 1.86 bits per heavy atom. The monoisotopic (exact) mass is 387 g/mol. The Balaban J connectivity index is 1.98. The lowest BCUT2D eigenvalue weighted by atomic mass is 10.0. The molecule has 0 spiro atoms. The first-order chi connectivity index (χ1) is 10.2. The second kappa shape index (κ2) is 7.09. The largest absolute Gasteiger partial charge is 0.372 e. The number of hydrogen-bond acceptors (Lipinski definition) is 5. The zero-order chi connectivity index (χ0) is 14.8. The lowest BCUT2D eigenvalue weighted by Gasteiger charge is -2.28. The average Bonchev–Trinajstić information content (AvgIpc) is 3.02. The number of hydrogen-bond donors (Lipinski definition) is 1. The van der Waals surface area contributed by atoms with Crippen molar-refractivity contribution in [1.82, 2.24) is 9.97 Å². The maximum absolute atomic E-state index is 5.00. The van der Waals surface area contributed by atoms with Gasteiger partial charge in [0.2, 0.25) is 0 Å². The maximum Gasteiger partial charge on any atom is 0.145 e. The van der Waals surface area contributed by atoms with Crippen molar-refractivity contribution in [1.29, 1.82) is 0 Å². The summed E-state index contributed by atoms with van der Waals surface area (Å²) in [4.78, 5) is 9.80. The van der Waals surface area contributed by atoms with E-state index in [9.17, 15) is 0 Å². The first-order valence-corrected chi connectivity index (χ1v) is 10.6. The van der Waals surface area contributed by atoms with Crippen molar-refractivity contribution >= 4 is 45.3 Å². The minimum Gasteiger partial charge on any atom is -0.372 e. The number of nitrogens with zero attached hydrogens (tertiary/aromatic N) is 2. The summed E-state index contributed by atoms with van der Waals surface area (Å²) in [6.07, 6.45) is 5.19. The van der Waals surface area contributed by atoms with Gasteiger partial charge in [0.15, 0.2) is 0 Å². The highest BCUT2D eigenvalue weighted by molar-refractivity contribution is 9.10. The predicted octanol–water partition coefficient (Wildman–Crippen LogP) is 4.85. The number of aromatic nitrogens is 2. The molecule has 0 bridgehead atoms. The van der Waals surface area contributed by atoms with Gasteiger partial charge in [-0.25, -0.2) is 9.97 Å². The number of anilines is 1. The van der Waals surface area contributed by atoms with Crippen LogP contribution in [0.25, 0.3) is 0 Å². The molecular formula is C15H22BrN3S2. The zero-order valence-electron chi connectivity index (χ0n) is 12.6. The van der Waals surface area contributed by atoms with Gasteiger partial charge in [-0.05, 0) is 28.8 Å². The van der Waals surface area contributed by atoms with Crippen LogP contribution in [0, 0.1) is 0 Å². The van der Waals surface area contributed by atoms with Crippen LogP contribution in [-0.4, -0.2) is 33.8 Å². The van der Waals surface area contributed by atoms with Crippen LogP contribution in [0.3, 0.4) is 0 Å². The van der Waals surface area contributed by atoms with E-state index >= 15 is 0 Å². The molecule has 2 heterocycles. The Morgan fingerprint density at radius 1 is 1.14 bits per heavy atom. The highest BCUT2D eigenvalue weighted by Gasteiger charge is 2.30. The smallest absolute Gasteiger partial charge is 0.145 e. The third-order valence-electron chi connectivity index (χ3n) is 4.32. The highest BCUT2D eigenvalue weighted by Crippen LogP contribution is 2.44. The van der Waals surface area contributed by atoms with Crippen LogP contribution in [0.2, 0.25) is 0 Å². The summed E-state index contributed by atoms with van der Waals surface area (Å²) in [5, 5.41) is 4.25. The van der Waals surface area contributed by atoms with Gasteiger partial charge in [0, 0.05) is 29.7 Å². The summed E-state index contributed by atoms with van der Waals surface area (Å²) >= 11 is 7.78. The normalized spacial score (nSPS) is 27.0. The van der Waals surface area contributed by atoms with E-state index in [2.05, 4.69) is 28.2 Å². The lowest BCUT2D eigenvalue weighted by molar-refractivity contribution is 0.674. The molecule has 2 aliphatic rings. The van der Waals surface area contributed by atoms with E-state index in [4.69, 9.17) is 9.97 Å². The molecule has 3 nitrogen and oxygen atoms in total. The van der Waals surface area contributed by atoms with E-state index in [-0.39, 0.29) is 0 Å². The molecule has 1 saturated heterocycles. The number of halogens is 1. The highest BCUT2D eigenvalue weighted by atomic mass is 79.9. The average molecular weight is 388 g/mol. The van der Waals surface area contributed by atoms with Gasteiger partial charge in [-0.15, -0.1) is 11.8 Å². The molecular weight excluding hydrogens is 366 g/mol. The summed E-state index contributed by atoms with van der Waals surface area (Å²) in [6.45, 7) is 2.31. The van der Waals surface area contributed by atoms with Crippen molar-refractivity contribution in [2.75, 3.05) is 23.9 Å². The Kier molecular flexibility index (Phi) is 5.38. The Morgan fingerprint density at radius 3 is 2.52 bits per heavy atom. The topological polar surface area (TPSA) is 37.8 Å². The Hall–Kier alpha value is 0.0600. The lowest BCUT2D eigenvalue weighted by Crippen LogP contribution is -2.20. The summed E-state index contributed by atoms with van der Waals surface area (Å²) < 4.78 is 1.07. The molecule has 1 aliphatic heterocycles. The van der Waals surface area contributed by atoms with E-state index in [0.29, 0.717) is 16.4 Å². The van der Waals surface area contributed by atoms with Crippen LogP contribution in [0.15, 0.2) is 4.47 Å². The van der Waals surface area contributed by atoms with Gasteiger partial charge in [0.1, 0.15) is 11.6 Å². The van der Waals surface area contributed by atoms with Crippen molar-refractivity contribution < 1.29 is 0 Å². The van der Waals surface area contributed by atoms with Gasteiger partial charge in [-0.1, -0.05) is 19.8 Å². The van der Waals surface area contributed by atoms with E-state index in [1.807, 2.05) is 30.6 Å². The molecule has 2 unspecified atom stereocenters. The SMILES string of the molecule is CNc1nc(C2SCCSC2C)nc(C2CCCC2)c1Br. The molecule has 1 aromatic rings. The third-order valence-corrected chi connectivity index (χ3v) is 8.18. The Bertz CT molecular complexity index is 506. The second-order valence-electron chi connectivity index (χ2n) is 5.73. The molecule has 2 fully saturated rings. The van der Waals surface area contributed by atoms with Crippen LogP contribution in [0.4, 0.5) is 5.82 Å². The van der Waals surface area contributed by atoms with Crippen LogP contribution < -0.4 is 5.32 Å². The van der Waals surface area contributed by atoms with Gasteiger partial charge < -0.3 is 5.32 Å². The van der Waals surface area contributed by atoms with Crippen molar-refractivity contribution in [2.24, 2.45) is 0 Å². The van der Waals surface area contributed by atoms with Gasteiger partial charge in [0.05, 0.1) is 15.4 Å². The Labute approximate surface area is 144 Å². The first kappa shape index (κ1) is 15.9. The molecule has 0 radical (unpaired) electrons. The molecule has 2 atom stereocenters. The molecule has 116 valence electrons. The molecule has 0 amide bonds.